The summed E-state index contributed by atoms with van der Waals surface area (Å²) in [5.74, 6) is 0.717. The molecule has 2 rings (SSSR count). The molecule has 2 heterocycles. The first kappa shape index (κ1) is 10.2. The van der Waals surface area contributed by atoms with Crippen LogP contribution in [0, 0.1) is 6.92 Å². The Kier molecular flexibility index (Phi) is 3.06. The summed E-state index contributed by atoms with van der Waals surface area (Å²) < 4.78 is 5.15. The standard InChI is InChI=1S/C11H17N3O/c1-9-7-10(8-13-11(9)15-2)14-5-3-12-4-6-14/h7-8,12H,3-6H2,1-2H3. The minimum Gasteiger partial charge on any atom is -0.481 e. The fourth-order valence-corrected chi connectivity index (χ4v) is 1.86. The lowest BCUT2D eigenvalue weighted by atomic mass is 10.2. The van der Waals surface area contributed by atoms with Gasteiger partial charge in [0, 0.05) is 31.7 Å². The smallest absolute Gasteiger partial charge is 0.216 e. The van der Waals surface area contributed by atoms with Crippen LogP contribution in [0.4, 0.5) is 5.69 Å². The van der Waals surface area contributed by atoms with Crippen LogP contribution in [-0.4, -0.2) is 38.3 Å². The summed E-state index contributed by atoms with van der Waals surface area (Å²) in [5, 5.41) is 3.33. The molecule has 1 fully saturated rings. The summed E-state index contributed by atoms with van der Waals surface area (Å²) in [6, 6.07) is 2.14. The fraction of sp³-hybridized carbons (Fsp3) is 0.545. The van der Waals surface area contributed by atoms with Crippen LogP contribution in [0.2, 0.25) is 0 Å². The molecule has 0 bridgehead atoms. The summed E-state index contributed by atoms with van der Waals surface area (Å²) in [5.41, 5.74) is 2.28. The Morgan fingerprint density at radius 1 is 1.40 bits per heavy atom. The molecule has 4 nitrogen and oxygen atoms in total. The quantitative estimate of drug-likeness (QED) is 0.778. The molecule has 0 saturated carbocycles. The highest BCUT2D eigenvalue weighted by Gasteiger charge is 2.11. The molecule has 15 heavy (non-hydrogen) atoms. The van der Waals surface area contributed by atoms with E-state index in [1.165, 1.54) is 5.69 Å². The second kappa shape index (κ2) is 4.49. The van der Waals surface area contributed by atoms with E-state index in [1.54, 1.807) is 7.11 Å². The number of aromatic nitrogens is 1. The highest BCUT2D eigenvalue weighted by atomic mass is 16.5. The third-order valence-corrected chi connectivity index (χ3v) is 2.69. The maximum absolute atomic E-state index is 5.15. The molecule has 1 N–H and O–H groups in total. The largest absolute Gasteiger partial charge is 0.481 e. The van der Waals surface area contributed by atoms with Crippen LogP contribution in [-0.2, 0) is 0 Å². The summed E-state index contributed by atoms with van der Waals surface area (Å²) in [6.07, 6.45) is 1.89. The van der Waals surface area contributed by atoms with Crippen LogP contribution in [0.25, 0.3) is 0 Å². The average molecular weight is 207 g/mol. The molecule has 1 aliphatic heterocycles. The zero-order valence-electron chi connectivity index (χ0n) is 9.29. The molecule has 0 radical (unpaired) electrons. The van der Waals surface area contributed by atoms with Gasteiger partial charge in [0.15, 0.2) is 0 Å². The van der Waals surface area contributed by atoms with Crippen molar-refractivity contribution < 1.29 is 4.74 Å². The van der Waals surface area contributed by atoms with Gasteiger partial charge in [0.2, 0.25) is 5.88 Å². The van der Waals surface area contributed by atoms with Crippen LogP contribution < -0.4 is 15.0 Å². The Bertz CT molecular complexity index is 335. The second-order valence-electron chi connectivity index (χ2n) is 3.76. The number of aryl methyl sites for hydroxylation is 1. The number of nitrogens with zero attached hydrogens (tertiary/aromatic N) is 2. The highest BCUT2D eigenvalue weighted by Crippen LogP contribution is 2.21. The summed E-state index contributed by atoms with van der Waals surface area (Å²) in [6.45, 7) is 6.22. The van der Waals surface area contributed by atoms with Gasteiger partial charge in [-0.3, -0.25) is 0 Å². The molecule has 0 aromatic carbocycles. The normalized spacial score (nSPS) is 16.5. The van der Waals surface area contributed by atoms with Gasteiger partial charge in [0.25, 0.3) is 0 Å². The molecule has 0 aliphatic carbocycles. The zero-order chi connectivity index (χ0) is 10.7. The lowest BCUT2D eigenvalue weighted by Gasteiger charge is -2.29. The van der Waals surface area contributed by atoms with Gasteiger partial charge in [-0.2, -0.15) is 0 Å². The van der Waals surface area contributed by atoms with Crippen LogP contribution in [0.3, 0.4) is 0 Å². The highest BCUT2D eigenvalue weighted by molar-refractivity contribution is 5.49. The number of ether oxygens (including phenoxy) is 1. The SMILES string of the molecule is COc1ncc(N2CCNCC2)cc1C. The van der Waals surface area contributed by atoms with E-state index in [2.05, 4.69) is 21.3 Å². The summed E-state index contributed by atoms with van der Waals surface area (Å²) in [4.78, 5) is 6.63. The van der Waals surface area contributed by atoms with Gasteiger partial charge in [-0.05, 0) is 13.0 Å². The minimum atomic E-state index is 0.717. The minimum absolute atomic E-state index is 0.717. The van der Waals surface area contributed by atoms with Crippen LogP contribution >= 0.6 is 0 Å². The first-order chi connectivity index (χ1) is 7.31. The van der Waals surface area contributed by atoms with Gasteiger partial charge in [0.1, 0.15) is 0 Å². The Morgan fingerprint density at radius 3 is 2.73 bits per heavy atom. The molecule has 1 aliphatic rings. The number of hydrogen-bond donors (Lipinski definition) is 1. The second-order valence-corrected chi connectivity index (χ2v) is 3.76. The number of nitrogens with one attached hydrogen (secondary N) is 1. The summed E-state index contributed by atoms with van der Waals surface area (Å²) >= 11 is 0. The molecule has 1 saturated heterocycles. The van der Waals surface area contributed by atoms with Gasteiger partial charge in [-0.25, -0.2) is 4.98 Å². The predicted molar refractivity (Wildman–Crippen MR) is 60.6 cm³/mol. The maximum atomic E-state index is 5.15. The van der Waals surface area contributed by atoms with Crippen molar-refractivity contribution in [3.8, 4) is 5.88 Å². The van der Waals surface area contributed by atoms with Crippen LogP contribution in [0.15, 0.2) is 12.3 Å². The van der Waals surface area contributed by atoms with E-state index in [0.717, 1.165) is 31.7 Å². The van der Waals surface area contributed by atoms with E-state index in [0.29, 0.717) is 5.88 Å². The monoisotopic (exact) mass is 207 g/mol. The van der Waals surface area contributed by atoms with E-state index in [4.69, 9.17) is 4.74 Å². The van der Waals surface area contributed by atoms with E-state index in [-0.39, 0.29) is 0 Å². The van der Waals surface area contributed by atoms with Crippen molar-refractivity contribution in [3.63, 3.8) is 0 Å². The molecule has 0 unspecified atom stereocenters. The van der Waals surface area contributed by atoms with Crippen molar-refractivity contribution >= 4 is 5.69 Å². The third-order valence-electron chi connectivity index (χ3n) is 2.69. The lowest BCUT2D eigenvalue weighted by Crippen LogP contribution is -2.43. The molecule has 0 spiro atoms. The molecule has 0 atom stereocenters. The van der Waals surface area contributed by atoms with E-state index in [1.807, 2.05) is 13.1 Å². The molecular formula is C11H17N3O. The molecule has 4 heteroatoms. The fourth-order valence-electron chi connectivity index (χ4n) is 1.86. The van der Waals surface area contributed by atoms with Gasteiger partial charge in [-0.1, -0.05) is 0 Å². The number of methoxy groups -OCH3 is 1. The van der Waals surface area contributed by atoms with Crippen LogP contribution in [0.1, 0.15) is 5.56 Å². The number of anilines is 1. The van der Waals surface area contributed by atoms with Gasteiger partial charge >= 0.3 is 0 Å². The van der Waals surface area contributed by atoms with Crippen molar-refractivity contribution in [1.82, 2.24) is 10.3 Å². The van der Waals surface area contributed by atoms with Gasteiger partial charge in [0.05, 0.1) is 19.0 Å². The van der Waals surface area contributed by atoms with Gasteiger partial charge in [-0.15, -0.1) is 0 Å². The van der Waals surface area contributed by atoms with Crippen molar-refractivity contribution in [2.75, 3.05) is 38.2 Å². The van der Waals surface area contributed by atoms with E-state index >= 15 is 0 Å². The number of hydrogen-bond acceptors (Lipinski definition) is 4. The van der Waals surface area contributed by atoms with Crippen molar-refractivity contribution in [2.24, 2.45) is 0 Å². The lowest BCUT2D eigenvalue weighted by molar-refractivity contribution is 0.394. The topological polar surface area (TPSA) is 37.4 Å². The van der Waals surface area contributed by atoms with Gasteiger partial charge < -0.3 is 15.0 Å². The average Bonchev–Trinajstić information content (AvgIpc) is 2.30. The molecule has 0 amide bonds. The van der Waals surface area contributed by atoms with Crippen molar-refractivity contribution in [3.05, 3.63) is 17.8 Å². The molecule has 82 valence electrons. The Balaban J connectivity index is 2.17. The van der Waals surface area contributed by atoms with Crippen LogP contribution in [0.5, 0.6) is 5.88 Å². The molecule has 1 aromatic heterocycles. The number of pyridine rings is 1. The van der Waals surface area contributed by atoms with E-state index in [9.17, 15) is 0 Å². The Labute approximate surface area is 90.3 Å². The first-order valence-electron chi connectivity index (χ1n) is 5.27. The third kappa shape index (κ3) is 2.21. The Morgan fingerprint density at radius 2 is 2.13 bits per heavy atom. The number of piperazine rings is 1. The van der Waals surface area contributed by atoms with Crippen molar-refractivity contribution in [1.29, 1.82) is 0 Å². The Hall–Kier alpha value is -1.29. The molecule has 1 aromatic rings. The van der Waals surface area contributed by atoms with Crippen molar-refractivity contribution in [2.45, 2.75) is 6.92 Å². The van der Waals surface area contributed by atoms with E-state index < -0.39 is 0 Å². The predicted octanol–water partition coefficient (Wildman–Crippen LogP) is 0.808. The maximum Gasteiger partial charge on any atom is 0.216 e. The first-order valence-corrected chi connectivity index (χ1v) is 5.27. The summed E-state index contributed by atoms with van der Waals surface area (Å²) in [7, 11) is 1.65. The zero-order valence-corrected chi connectivity index (χ0v) is 9.29. The molecular weight excluding hydrogens is 190 g/mol. The number of rotatable bonds is 2.